The summed E-state index contributed by atoms with van der Waals surface area (Å²) in [5.41, 5.74) is 1.20. The monoisotopic (exact) mass is 264 g/mol. The van der Waals surface area contributed by atoms with Crippen LogP contribution in [0.5, 0.6) is 0 Å². The van der Waals surface area contributed by atoms with Gasteiger partial charge in [0.2, 0.25) is 0 Å². The summed E-state index contributed by atoms with van der Waals surface area (Å²) in [5, 5.41) is 10.3. The molecule has 3 unspecified atom stereocenters. The predicted octanol–water partition coefficient (Wildman–Crippen LogP) is 4.19. The second kappa shape index (κ2) is 5.62. The average molecular weight is 264 g/mol. The third kappa shape index (κ3) is 3.56. The Bertz CT molecular complexity index is 410. The van der Waals surface area contributed by atoms with Crippen molar-refractivity contribution in [2.75, 3.05) is 0 Å². The molecule has 1 nitrogen and oxygen atoms in total. The molecule has 0 bridgehead atoms. The smallest absolute Gasteiger partial charge is 0.123 e. The Morgan fingerprint density at radius 1 is 1.21 bits per heavy atom. The third-order valence-electron chi connectivity index (χ3n) is 4.66. The first-order valence-electron chi connectivity index (χ1n) is 7.31. The molecular formula is C17H25FO. The van der Waals surface area contributed by atoms with Gasteiger partial charge in [0.25, 0.3) is 0 Å². The minimum absolute atomic E-state index is 0.0530. The van der Waals surface area contributed by atoms with Gasteiger partial charge < -0.3 is 5.11 Å². The van der Waals surface area contributed by atoms with Crippen LogP contribution < -0.4 is 0 Å². The molecular weight excluding hydrogens is 239 g/mol. The minimum atomic E-state index is -0.195. The van der Waals surface area contributed by atoms with Crippen molar-refractivity contribution in [1.29, 1.82) is 0 Å². The summed E-state index contributed by atoms with van der Waals surface area (Å²) < 4.78 is 12.9. The Hall–Kier alpha value is -0.890. The Labute approximate surface area is 115 Å². The molecule has 0 aliphatic heterocycles. The summed E-state index contributed by atoms with van der Waals surface area (Å²) in [6.07, 6.45) is 3.91. The standard InChI is InChI=1S/C17H25FO/c1-12-4-9-15(16(19)10-12)17(2,3)11-13-5-7-14(18)8-6-13/h5-8,12,15-16,19H,4,9-11H2,1-3H3. The van der Waals surface area contributed by atoms with E-state index in [1.807, 2.05) is 12.1 Å². The summed E-state index contributed by atoms with van der Waals surface area (Å²) in [6.45, 7) is 6.66. The molecule has 1 fully saturated rings. The van der Waals surface area contributed by atoms with Gasteiger partial charge in [-0.3, -0.25) is 0 Å². The van der Waals surface area contributed by atoms with Crippen LogP contribution in [0.25, 0.3) is 0 Å². The van der Waals surface area contributed by atoms with Gasteiger partial charge in [-0.25, -0.2) is 4.39 Å². The van der Waals surface area contributed by atoms with E-state index in [9.17, 15) is 9.50 Å². The lowest BCUT2D eigenvalue weighted by Gasteiger charge is -2.42. The number of benzene rings is 1. The topological polar surface area (TPSA) is 20.2 Å². The van der Waals surface area contributed by atoms with E-state index < -0.39 is 0 Å². The zero-order valence-electron chi connectivity index (χ0n) is 12.2. The van der Waals surface area contributed by atoms with E-state index in [2.05, 4.69) is 20.8 Å². The van der Waals surface area contributed by atoms with Crippen LogP contribution in [0.2, 0.25) is 0 Å². The molecule has 3 atom stereocenters. The summed E-state index contributed by atoms with van der Waals surface area (Å²) in [5.74, 6) is 0.787. The van der Waals surface area contributed by atoms with E-state index in [4.69, 9.17) is 0 Å². The van der Waals surface area contributed by atoms with Gasteiger partial charge in [-0.15, -0.1) is 0 Å². The zero-order chi connectivity index (χ0) is 14.0. The first-order valence-corrected chi connectivity index (χ1v) is 7.31. The van der Waals surface area contributed by atoms with Crippen LogP contribution in [0.4, 0.5) is 4.39 Å². The average Bonchev–Trinajstić information content (AvgIpc) is 2.31. The van der Waals surface area contributed by atoms with Crippen molar-refractivity contribution in [2.24, 2.45) is 17.3 Å². The van der Waals surface area contributed by atoms with Crippen molar-refractivity contribution in [3.63, 3.8) is 0 Å². The number of rotatable bonds is 3. The number of hydrogen-bond acceptors (Lipinski definition) is 1. The molecule has 0 saturated heterocycles. The summed E-state index contributed by atoms with van der Waals surface area (Å²) >= 11 is 0. The third-order valence-corrected chi connectivity index (χ3v) is 4.66. The first kappa shape index (κ1) is 14.5. The number of aliphatic hydroxyl groups is 1. The highest BCUT2D eigenvalue weighted by molar-refractivity contribution is 5.18. The Balaban J connectivity index is 2.07. The lowest BCUT2D eigenvalue weighted by Crippen LogP contribution is -2.39. The summed E-state index contributed by atoms with van der Waals surface area (Å²) in [4.78, 5) is 0. The van der Waals surface area contributed by atoms with E-state index in [1.165, 1.54) is 18.6 Å². The highest BCUT2D eigenvalue weighted by atomic mass is 19.1. The van der Waals surface area contributed by atoms with E-state index in [0.717, 1.165) is 24.8 Å². The maximum Gasteiger partial charge on any atom is 0.123 e. The number of halogens is 1. The summed E-state index contributed by atoms with van der Waals surface area (Å²) in [6, 6.07) is 6.75. The highest BCUT2D eigenvalue weighted by Gasteiger charge is 2.38. The largest absolute Gasteiger partial charge is 0.393 e. The van der Waals surface area contributed by atoms with Gasteiger partial charge in [0.1, 0.15) is 5.82 Å². The maximum atomic E-state index is 12.9. The molecule has 1 aliphatic carbocycles. The molecule has 1 saturated carbocycles. The molecule has 0 heterocycles. The molecule has 0 aromatic heterocycles. The second-order valence-electron chi connectivity index (χ2n) is 6.88. The Morgan fingerprint density at radius 2 is 1.84 bits per heavy atom. The maximum absolute atomic E-state index is 12.9. The molecule has 1 aliphatic rings. The molecule has 1 aromatic rings. The number of aliphatic hydroxyl groups excluding tert-OH is 1. The fourth-order valence-electron chi connectivity index (χ4n) is 3.52. The van der Waals surface area contributed by atoms with Crippen LogP contribution in [-0.4, -0.2) is 11.2 Å². The van der Waals surface area contributed by atoms with Crippen molar-refractivity contribution in [2.45, 2.75) is 52.6 Å². The minimum Gasteiger partial charge on any atom is -0.393 e. The number of hydrogen-bond donors (Lipinski definition) is 1. The van der Waals surface area contributed by atoms with Crippen molar-refractivity contribution in [3.05, 3.63) is 35.6 Å². The van der Waals surface area contributed by atoms with Gasteiger partial charge in [-0.2, -0.15) is 0 Å². The summed E-state index contributed by atoms with van der Waals surface area (Å²) in [7, 11) is 0. The molecule has 0 spiro atoms. The van der Waals surface area contributed by atoms with Crippen LogP contribution >= 0.6 is 0 Å². The molecule has 2 heteroatoms. The van der Waals surface area contributed by atoms with Gasteiger partial charge >= 0.3 is 0 Å². The van der Waals surface area contributed by atoms with E-state index in [0.29, 0.717) is 11.8 Å². The lowest BCUT2D eigenvalue weighted by atomic mass is 9.65. The Morgan fingerprint density at radius 3 is 2.42 bits per heavy atom. The van der Waals surface area contributed by atoms with Crippen LogP contribution in [0.3, 0.4) is 0 Å². The van der Waals surface area contributed by atoms with Gasteiger partial charge in [-0.1, -0.05) is 39.3 Å². The molecule has 19 heavy (non-hydrogen) atoms. The van der Waals surface area contributed by atoms with Crippen LogP contribution in [-0.2, 0) is 6.42 Å². The Kier molecular flexibility index (Phi) is 4.29. The van der Waals surface area contributed by atoms with Crippen molar-refractivity contribution < 1.29 is 9.50 Å². The normalized spacial score (nSPS) is 28.4. The van der Waals surface area contributed by atoms with Crippen LogP contribution in [0, 0.1) is 23.1 Å². The SMILES string of the molecule is CC1CCC(C(C)(C)Cc2ccc(F)cc2)C(O)C1. The van der Waals surface area contributed by atoms with Crippen molar-refractivity contribution in [1.82, 2.24) is 0 Å². The fourth-order valence-corrected chi connectivity index (χ4v) is 3.52. The van der Waals surface area contributed by atoms with Crippen LogP contribution in [0.15, 0.2) is 24.3 Å². The van der Waals surface area contributed by atoms with Crippen molar-refractivity contribution in [3.8, 4) is 0 Å². The van der Waals surface area contributed by atoms with Gasteiger partial charge in [0, 0.05) is 0 Å². The van der Waals surface area contributed by atoms with E-state index >= 15 is 0 Å². The molecule has 0 amide bonds. The highest BCUT2D eigenvalue weighted by Crippen LogP contribution is 2.42. The van der Waals surface area contributed by atoms with Gasteiger partial charge in [0.05, 0.1) is 6.10 Å². The van der Waals surface area contributed by atoms with E-state index in [-0.39, 0.29) is 17.3 Å². The molecule has 1 aromatic carbocycles. The predicted molar refractivity (Wildman–Crippen MR) is 76.4 cm³/mol. The van der Waals surface area contributed by atoms with E-state index in [1.54, 1.807) is 0 Å². The molecule has 106 valence electrons. The second-order valence-corrected chi connectivity index (χ2v) is 6.88. The van der Waals surface area contributed by atoms with Crippen molar-refractivity contribution >= 4 is 0 Å². The first-order chi connectivity index (χ1) is 8.88. The molecule has 2 rings (SSSR count). The molecule has 0 radical (unpaired) electrons. The van der Waals surface area contributed by atoms with Gasteiger partial charge in [-0.05, 0) is 54.2 Å². The van der Waals surface area contributed by atoms with Crippen LogP contribution in [0.1, 0.15) is 45.6 Å². The molecule has 1 N–H and O–H groups in total. The lowest BCUT2D eigenvalue weighted by molar-refractivity contribution is -0.0125. The fraction of sp³-hybridized carbons (Fsp3) is 0.647. The van der Waals surface area contributed by atoms with Gasteiger partial charge in [0.15, 0.2) is 0 Å². The zero-order valence-corrected chi connectivity index (χ0v) is 12.2. The quantitative estimate of drug-likeness (QED) is 0.868.